The molecule has 0 amide bonds. The third-order valence-corrected chi connectivity index (χ3v) is 4.09. The van der Waals surface area contributed by atoms with Gasteiger partial charge in [0.1, 0.15) is 19.6 Å². The van der Waals surface area contributed by atoms with Crippen molar-refractivity contribution in [1.82, 2.24) is 4.98 Å². The fourth-order valence-electron chi connectivity index (χ4n) is 2.16. The molecular formula is C19H20FNO2Si. The largest absolute Gasteiger partial charge is 0.464 e. The first-order valence-electron chi connectivity index (χ1n) is 7.60. The summed E-state index contributed by atoms with van der Waals surface area (Å²) in [6.07, 6.45) is 0. The first kappa shape index (κ1) is 17.9. The molecule has 0 aliphatic rings. The maximum absolute atomic E-state index is 13.7. The Kier molecular flexibility index (Phi) is 5.20. The normalized spacial score (nSPS) is 10.8. The molecule has 0 N–H and O–H groups in total. The summed E-state index contributed by atoms with van der Waals surface area (Å²) < 4.78 is 18.4. The second kappa shape index (κ2) is 6.98. The van der Waals surface area contributed by atoms with Crippen molar-refractivity contribution >= 4 is 14.0 Å². The number of ether oxygens (including phenoxy) is 1. The van der Waals surface area contributed by atoms with Gasteiger partial charge in [-0.3, -0.25) is 0 Å². The highest BCUT2D eigenvalue weighted by Gasteiger charge is 2.13. The quantitative estimate of drug-likeness (QED) is 0.467. The number of aromatic nitrogens is 1. The number of nitrogens with zero attached hydrogens (tertiary/aromatic N) is 1. The third kappa shape index (κ3) is 4.53. The van der Waals surface area contributed by atoms with Crippen molar-refractivity contribution in [2.24, 2.45) is 0 Å². The molecule has 0 saturated carbocycles. The van der Waals surface area contributed by atoms with Gasteiger partial charge in [-0.15, -0.1) is 5.54 Å². The monoisotopic (exact) mass is 341 g/mol. The Bertz CT molecular complexity index is 845. The van der Waals surface area contributed by atoms with E-state index in [2.05, 4.69) is 36.1 Å². The highest BCUT2D eigenvalue weighted by atomic mass is 28.3. The van der Waals surface area contributed by atoms with Crippen LogP contribution in [-0.4, -0.2) is 26.1 Å². The molecule has 0 bridgehead atoms. The first-order valence-corrected chi connectivity index (χ1v) is 11.1. The Morgan fingerprint density at radius 2 is 1.92 bits per heavy atom. The van der Waals surface area contributed by atoms with Crippen LogP contribution in [0.5, 0.6) is 0 Å². The van der Waals surface area contributed by atoms with Crippen LogP contribution >= 0.6 is 0 Å². The summed E-state index contributed by atoms with van der Waals surface area (Å²) in [7, 11) is -0.283. The van der Waals surface area contributed by atoms with Crippen molar-refractivity contribution in [2.75, 3.05) is 7.11 Å². The number of carbonyl (C=O) groups excluding carboxylic acids is 1. The molecule has 0 spiro atoms. The summed E-state index contributed by atoms with van der Waals surface area (Å²) in [4.78, 5) is 16.0. The van der Waals surface area contributed by atoms with Gasteiger partial charge >= 0.3 is 5.97 Å². The van der Waals surface area contributed by atoms with E-state index in [0.717, 1.165) is 11.1 Å². The lowest BCUT2D eigenvalue weighted by molar-refractivity contribution is 0.0594. The molecule has 0 fully saturated rings. The van der Waals surface area contributed by atoms with Crippen molar-refractivity contribution in [3.8, 4) is 22.6 Å². The van der Waals surface area contributed by atoms with Crippen molar-refractivity contribution in [1.29, 1.82) is 0 Å². The third-order valence-electron chi connectivity index (χ3n) is 3.21. The molecule has 0 atom stereocenters. The summed E-state index contributed by atoms with van der Waals surface area (Å²) in [5.74, 6) is 2.27. The van der Waals surface area contributed by atoms with Crippen LogP contribution in [-0.2, 0) is 4.74 Å². The Labute approximate surface area is 142 Å². The summed E-state index contributed by atoms with van der Waals surface area (Å²) in [6.45, 7) is 8.19. The number of pyridine rings is 1. The number of methoxy groups -OCH3 is 1. The zero-order valence-electron chi connectivity index (χ0n) is 14.5. The molecule has 24 heavy (non-hydrogen) atoms. The molecule has 5 heteroatoms. The van der Waals surface area contributed by atoms with E-state index < -0.39 is 14.0 Å². The fraction of sp³-hybridized carbons (Fsp3) is 0.263. The Balaban J connectivity index is 2.62. The molecule has 0 aliphatic carbocycles. The number of esters is 1. The van der Waals surface area contributed by atoms with Crippen molar-refractivity contribution in [3.05, 3.63) is 53.1 Å². The van der Waals surface area contributed by atoms with E-state index >= 15 is 0 Å². The predicted molar refractivity (Wildman–Crippen MR) is 95.9 cm³/mol. The lowest BCUT2D eigenvalue weighted by Crippen LogP contribution is -2.16. The van der Waals surface area contributed by atoms with Crippen LogP contribution in [0.2, 0.25) is 19.6 Å². The SMILES string of the molecule is COC(=O)c1cc(-c2ccc(F)cc2C#C[Si](C)(C)C)cc(C)n1. The molecule has 3 nitrogen and oxygen atoms in total. The molecular weight excluding hydrogens is 321 g/mol. The lowest BCUT2D eigenvalue weighted by atomic mass is 9.99. The number of halogens is 1. The van der Waals surface area contributed by atoms with Crippen LogP contribution in [0.4, 0.5) is 4.39 Å². The molecule has 124 valence electrons. The van der Waals surface area contributed by atoms with Gasteiger partial charge in [0.2, 0.25) is 0 Å². The molecule has 2 rings (SSSR count). The number of aryl methyl sites for hydroxylation is 1. The minimum atomic E-state index is -1.60. The van der Waals surface area contributed by atoms with Gasteiger partial charge in [-0.1, -0.05) is 31.6 Å². The smallest absolute Gasteiger partial charge is 0.356 e. The van der Waals surface area contributed by atoms with Crippen molar-refractivity contribution in [2.45, 2.75) is 26.6 Å². The van der Waals surface area contributed by atoms with E-state index in [0.29, 0.717) is 11.3 Å². The molecule has 1 aromatic carbocycles. The van der Waals surface area contributed by atoms with Gasteiger partial charge in [-0.05, 0) is 42.3 Å². The summed E-state index contributed by atoms with van der Waals surface area (Å²) in [5.41, 5.74) is 6.31. The van der Waals surface area contributed by atoms with E-state index in [4.69, 9.17) is 4.74 Å². The predicted octanol–water partition coefficient (Wildman–Crippen LogP) is 4.21. The molecule has 0 radical (unpaired) electrons. The Morgan fingerprint density at radius 3 is 2.54 bits per heavy atom. The molecule has 1 heterocycles. The van der Waals surface area contributed by atoms with Crippen LogP contribution < -0.4 is 0 Å². The zero-order valence-corrected chi connectivity index (χ0v) is 15.5. The van der Waals surface area contributed by atoms with Gasteiger partial charge in [0.15, 0.2) is 0 Å². The van der Waals surface area contributed by atoms with E-state index in [9.17, 15) is 9.18 Å². The molecule has 1 aromatic heterocycles. The topological polar surface area (TPSA) is 39.2 Å². The van der Waals surface area contributed by atoms with Crippen LogP contribution in [0.1, 0.15) is 21.7 Å². The minimum Gasteiger partial charge on any atom is -0.464 e. The number of benzene rings is 1. The van der Waals surface area contributed by atoms with Gasteiger partial charge in [0.05, 0.1) is 7.11 Å². The highest BCUT2D eigenvalue weighted by Crippen LogP contribution is 2.26. The zero-order chi connectivity index (χ0) is 17.9. The minimum absolute atomic E-state index is 0.223. The summed E-state index contributed by atoms with van der Waals surface area (Å²) >= 11 is 0. The second-order valence-corrected chi connectivity index (χ2v) is 11.3. The maximum Gasteiger partial charge on any atom is 0.356 e. The first-order chi connectivity index (χ1) is 11.2. The van der Waals surface area contributed by atoms with E-state index in [-0.39, 0.29) is 11.5 Å². The number of hydrogen-bond donors (Lipinski definition) is 0. The Hall–Kier alpha value is -2.45. The maximum atomic E-state index is 13.7. The van der Waals surface area contributed by atoms with Crippen molar-refractivity contribution < 1.29 is 13.9 Å². The van der Waals surface area contributed by atoms with Gasteiger partial charge in [0, 0.05) is 11.3 Å². The number of hydrogen-bond acceptors (Lipinski definition) is 3. The average molecular weight is 341 g/mol. The second-order valence-electron chi connectivity index (χ2n) is 6.56. The Morgan fingerprint density at radius 1 is 1.21 bits per heavy atom. The fourth-order valence-corrected chi connectivity index (χ4v) is 2.67. The summed E-state index contributed by atoms with van der Waals surface area (Å²) in [6, 6.07) is 7.99. The standard InChI is InChI=1S/C19H20FNO2Si/c1-13-10-15(12-18(21-13)19(22)23-2)17-7-6-16(20)11-14(17)8-9-24(3,4)5/h6-7,10-12H,1-5H3. The van der Waals surface area contributed by atoms with Gasteiger partial charge < -0.3 is 4.74 Å². The van der Waals surface area contributed by atoms with Crippen LogP contribution in [0.3, 0.4) is 0 Å². The van der Waals surface area contributed by atoms with E-state index in [1.807, 2.05) is 6.07 Å². The van der Waals surface area contributed by atoms with Crippen LogP contribution in [0.15, 0.2) is 30.3 Å². The van der Waals surface area contributed by atoms with Gasteiger partial charge in [-0.2, -0.15) is 0 Å². The van der Waals surface area contributed by atoms with Crippen LogP contribution in [0, 0.1) is 24.2 Å². The van der Waals surface area contributed by atoms with Crippen LogP contribution in [0.25, 0.3) is 11.1 Å². The molecule has 2 aromatic rings. The van der Waals surface area contributed by atoms with Crippen molar-refractivity contribution in [3.63, 3.8) is 0 Å². The van der Waals surface area contributed by atoms with E-state index in [1.54, 1.807) is 19.1 Å². The summed E-state index contributed by atoms with van der Waals surface area (Å²) in [5, 5.41) is 0. The van der Waals surface area contributed by atoms with Gasteiger partial charge in [-0.25, -0.2) is 14.2 Å². The molecule has 0 unspecified atom stereocenters. The lowest BCUT2D eigenvalue weighted by Gasteiger charge is -2.09. The van der Waals surface area contributed by atoms with E-state index in [1.165, 1.54) is 19.2 Å². The molecule has 0 saturated heterocycles. The number of carbonyl (C=O) groups is 1. The number of rotatable bonds is 2. The van der Waals surface area contributed by atoms with Gasteiger partial charge in [0.25, 0.3) is 0 Å². The molecule has 0 aliphatic heterocycles. The average Bonchev–Trinajstić information content (AvgIpc) is 2.51. The highest BCUT2D eigenvalue weighted by molar-refractivity contribution is 6.83.